The van der Waals surface area contributed by atoms with Gasteiger partial charge in [-0.3, -0.25) is 0 Å². The van der Waals surface area contributed by atoms with E-state index in [1.54, 1.807) is 13.1 Å². The van der Waals surface area contributed by atoms with Crippen molar-refractivity contribution in [3.05, 3.63) is 17.4 Å². The molecule has 0 saturated carbocycles. The Morgan fingerprint density at radius 1 is 1.69 bits per heavy atom. The van der Waals surface area contributed by atoms with E-state index in [9.17, 15) is 5.21 Å². The Hall–Kier alpha value is -0.830. The summed E-state index contributed by atoms with van der Waals surface area (Å²) in [5.41, 5.74) is 0. The van der Waals surface area contributed by atoms with Gasteiger partial charge in [0, 0.05) is 5.92 Å². The number of rotatable bonds is 3. The molecule has 1 rings (SSSR count). The fourth-order valence-corrected chi connectivity index (χ4v) is 1.51. The number of hydrogen-bond donors (Lipinski definition) is 1. The molecule has 0 aromatic carbocycles. The summed E-state index contributed by atoms with van der Waals surface area (Å²) in [6, 6.07) is 0. The first-order valence-electron chi connectivity index (χ1n) is 4.80. The van der Waals surface area contributed by atoms with E-state index >= 15 is 0 Å². The van der Waals surface area contributed by atoms with Gasteiger partial charge >= 0.3 is 0 Å². The highest BCUT2D eigenvalue weighted by Gasteiger charge is 2.11. The van der Waals surface area contributed by atoms with Gasteiger partial charge in [-0.15, -0.1) is 0 Å². The Labute approximate surface area is 79.0 Å². The van der Waals surface area contributed by atoms with Crippen molar-refractivity contribution in [3.8, 4) is 0 Å². The predicted molar refractivity (Wildman–Crippen MR) is 52.7 cm³/mol. The molecule has 1 N–H and O–H groups in total. The fraction of sp³-hybridized carbons (Fsp3) is 0.700. The third-order valence-corrected chi connectivity index (χ3v) is 2.13. The van der Waals surface area contributed by atoms with Crippen LogP contribution in [0.25, 0.3) is 0 Å². The summed E-state index contributed by atoms with van der Waals surface area (Å²) in [6.07, 6.45) is 8.47. The summed E-state index contributed by atoms with van der Waals surface area (Å²) in [6.45, 7) is 1.81. The van der Waals surface area contributed by atoms with Gasteiger partial charge in [0.05, 0.1) is 0 Å². The highest BCUT2D eigenvalue weighted by Crippen LogP contribution is 2.15. The molecule has 0 saturated heterocycles. The van der Waals surface area contributed by atoms with Crippen molar-refractivity contribution in [1.29, 1.82) is 0 Å². The minimum atomic E-state index is -0.548. The summed E-state index contributed by atoms with van der Waals surface area (Å²) in [5, 5.41) is 20.2. The molecule has 0 bridgehead atoms. The molecular formula is C10H17NO2. The zero-order chi connectivity index (χ0) is 9.68. The van der Waals surface area contributed by atoms with Gasteiger partial charge in [0.1, 0.15) is 6.10 Å². The Kier molecular flexibility index (Phi) is 3.96. The zero-order valence-corrected chi connectivity index (χ0v) is 8.02. The van der Waals surface area contributed by atoms with Crippen LogP contribution in [0.2, 0.25) is 0 Å². The number of allylic oxidation sites excluding steroid dienone is 2. The third-order valence-electron chi connectivity index (χ3n) is 2.13. The van der Waals surface area contributed by atoms with Crippen LogP contribution in [-0.2, 0) is 0 Å². The molecule has 2 atom stereocenters. The van der Waals surface area contributed by atoms with Crippen LogP contribution in [0.3, 0.4) is 0 Å². The smallest absolute Gasteiger partial charge is 0.178 e. The highest BCUT2D eigenvalue weighted by atomic mass is 16.5. The highest BCUT2D eigenvalue weighted by molar-refractivity contribution is 5.55. The Morgan fingerprint density at radius 2 is 2.46 bits per heavy atom. The minimum Gasteiger partial charge on any atom is -0.624 e. The average Bonchev–Trinajstić information content (AvgIpc) is 2.04. The summed E-state index contributed by atoms with van der Waals surface area (Å²) < 4.78 is 0.856. The Bertz CT molecular complexity index is 209. The number of hydroxylamine groups is 1. The second-order valence-corrected chi connectivity index (χ2v) is 3.64. The normalized spacial score (nSPS) is 26.0. The van der Waals surface area contributed by atoms with Crippen molar-refractivity contribution in [2.75, 3.05) is 6.54 Å². The van der Waals surface area contributed by atoms with Gasteiger partial charge in [-0.1, -0.05) is 12.2 Å². The molecule has 13 heavy (non-hydrogen) atoms. The van der Waals surface area contributed by atoms with Crippen molar-refractivity contribution >= 4 is 6.21 Å². The maximum absolute atomic E-state index is 11.2. The lowest BCUT2D eigenvalue weighted by Gasteiger charge is -2.13. The van der Waals surface area contributed by atoms with Gasteiger partial charge < -0.3 is 10.3 Å². The van der Waals surface area contributed by atoms with Gasteiger partial charge in [-0.05, 0) is 26.2 Å². The second-order valence-electron chi connectivity index (χ2n) is 3.64. The molecule has 2 unspecified atom stereocenters. The number of nitrogens with zero attached hydrogens (tertiary/aromatic N) is 1. The van der Waals surface area contributed by atoms with E-state index in [1.807, 2.05) is 0 Å². The first-order valence-corrected chi connectivity index (χ1v) is 4.80. The Balaban J connectivity index is 2.39. The lowest BCUT2D eigenvalue weighted by Crippen LogP contribution is -2.21. The molecular weight excluding hydrogens is 166 g/mol. The molecule has 74 valence electrons. The molecule has 0 fully saturated rings. The van der Waals surface area contributed by atoms with E-state index in [0.717, 1.165) is 24.0 Å². The summed E-state index contributed by atoms with van der Waals surface area (Å²) >= 11 is 0. The fourth-order valence-electron chi connectivity index (χ4n) is 1.51. The minimum absolute atomic E-state index is 0.181. The summed E-state index contributed by atoms with van der Waals surface area (Å²) in [4.78, 5) is 0. The molecule has 0 spiro atoms. The molecule has 3 heteroatoms. The molecule has 0 aromatic heterocycles. The molecule has 1 aliphatic carbocycles. The van der Waals surface area contributed by atoms with E-state index in [2.05, 4.69) is 12.2 Å². The van der Waals surface area contributed by atoms with Gasteiger partial charge in [-0.2, -0.15) is 0 Å². The van der Waals surface area contributed by atoms with Crippen LogP contribution in [0.5, 0.6) is 0 Å². The molecule has 0 radical (unpaired) electrons. The Morgan fingerprint density at radius 3 is 3.00 bits per heavy atom. The van der Waals surface area contributed by atoms with E-state index < -0.39 is 6.10 Å². The largest absolute Gasteiger partial charge is 0.624 e. The second kappa shape index (κ2) is 5.02. The van der Waals surface area contributed by atoms with Crippen molar-refractivity contribution in [1.82, 2.24) is 0 Å². The van der Waals surface area contributed by atoms with Gasteiger partial charge in [0.25, 0.3) is 0 Å². The molecule has 0 aromatic rings. The molecule has 1 aliphatic rings. The summed E-state index contributed by atoms with van der Waals surface area (Å²) in [7, 11) is 0. The number of hydrogen-bond acceptors (Lipinski definition) is 2. The number of aliphatic hydroxyl groups excluding tert-OH is 1. The zero-order valence-electron chi connectivity index (χ0n) is 8.02. The van der Waals surface area contributed by atoms with Crippen LogP contribution in [0.1, 0.15) is 26.2 Å². The summed E-state index contributed by atoms with van der Waals surface area (Å²) in [5.74, 6) is 0.362. The molecule has 0 amide bonds. The van der Waals surface area contributed by atoms with Crippen molar-refractivity contribution in [2.24, 2.45) is 5.92 Å². The van der Waals surface area contributed by atoms with E-state index in [1.165, 1.54) is 0 Å². The molecule has 0 heterocycles. The van der Waals surface area contributed by atoms with Crippen LogP contribution in [0, 0.1) is 11.1 Å². The standard InChI is InChI=1S/C10H17NO2/c1-9(12)7-11(13)8-10-5-3-2-4-6-10/h2-3,8-10,12H,4-7H2,1H3/b11-8-. The third kappa shape index (κ3) is 4.08. The van der Waals surface area contributed by atoms with Gasteiger partial charge in [0.2, 0.25) is 0 Å². The van der Waals surface area contributed by atoms with Gasteiger partial charge in [-0.25, -0.2) is 4.74 Å². The topological polar surface area (TPSA) is 46.3 Å². The molecule has 0 aliphatic heterocycles. The van der Waals surface area contributed by atoms with Crippen LogP contribution in [0.4, 0.5) is 0 Å². The van der Waals surface area contributed by atoms with E-state index in [4.69, 9.17) is 5.11 Å². The number of aliphatic hydroxyl groups is 1. The van der Waals surface area contributed by atoms with E-state index in [0.29, 0.717) is 5.92 Å². The van der Waals surface area contributed by atoms with Crippen molar-refractivity contribution < 1.29 is 9.85 Å². The van der Waals surface area contributed by atoms with Crippen molar-refractivity contribution in [3.63, 3.8) is 0 Å². The average molecular weight is 183 g/mol. The van der Waals surface area contributed by atoms with Crippen LogP contribution >= 0.6 is 0 Å². The molecule has 3 nitrogen and oxygen atoms in total. The maximum Gasteiger partial charge on any atom is 0.178 e. The van der Waals surface area contributed by atoms with Crippen LogP contribution in [0.15, 0.2) is 12.2 Å². The first kappa shape index (κ1) is 10.3. The monoisotopic (exact) mass is 183 g/mol. The lowest BCUT2D eigenvalue weighted by molar-refractivity contribution is -0.465. The van der Waals surface area contributed by atoms with Gasteiger partial charge in [0.15, 0.2) is 12.8 Å². The lowest BCUT2D eigenvalue weighted by atomic mass is 9.96. The van der Waals surface area contributed by atoms with Crippen LogP contribution in [-0.4, -0.2) is 28.7 Å². The maximum atomic E-state index is 11.2. The SMILES string of the molecule is CC(O)C/[N+]([O-])=C/C1CC=CCC1. The van der Waals surface area contributed by atoms with Crippen molar-refractivity contribution in [2.45, 2.75) is 32.3 Å². The van der Waals surface area contributed by atoms with Crippen LogP contribution < -0.4 is 0 Å². The first-order chi connectivity index (χ1) is 6.18. The predicted octanol–water partition coefficient (Wildman–Crippen LogP) is 1.30. The quantitative estimate of drug-likeness (QED) is 0.236. The van der Waals surface area contributed by atoms with E-state index in [-0.39, 0.29) is 6.54 Å².